The van der Waals surface area contributed by atoms with Crippen molar-refractivity contribution in [3.05, 3.63) is 90.1 Å². The molecule has 2 aromatic carbocycles. The number of hydrogen-bond acceptors (Lipinski definition) is 6. The molecule has 0 saturated heterocycles. The van der Waals surface area contributed by atoms with E-state index in [2.05, 4.69) is 4.98 Å². The molecule has 1 atom stereocenters. The molecule has 6 heteroatoms. The van der Waals surface area contributed by atoms with Crippen molar-refractivity contribution < 1.29 is 23.9 Å². The fourth-order valence-electron chi connectivity index (χ4n) is 5.56. The fraction of sp³-hybridized carbons (Fsp3) is 0.429. The molecule has 0 amide bonds. The molecule has 1 unspecified atom stereocenters. The van der Waals surface area contributed by atoms with Gasteiger partial charge in [-0.15, -0.1) is 0 Å². The highest BCUT2D eigenvalue weighted by Crippen LogP contribution is 2.43. The molecule has 1 aliphatic carbocycles. The van der Waals surface area contributed by atoms with E-state index in [1.54, 1.807) is 6.20 Å². The summed E-state index contributed by atoms with van der Waals surface area (Å²) in [4.78, 5) is 44.1. The molecule has 0 aliphatic heterocycles. The van der Waals surface area contributed by atoms with Crippen molar-refractivity contribution in [3.63, 3.8) is 0 Å². The molecule has 3 aromatic rings. The highest BCUT2D eigenvalue weighted by atomic mass is 16.6. The number of Topliss-reactive ketones (excluding diaryl/α,β-unsaturated/α-hetero) is 1. The largest absolute Gasteiger partial charge is 0.461 e. The summed E-state index contributed by atoms with van der Waals surface area (Å²) < 4.78 is 11.3. The number of carbonyl (C=O) groups excluding carboxylic acids is 3. The van der Waals surface area contributed by atoms with E-state index in [9.17, 15) is 14.4 Å². The number of ether oxygens (including phenoxy) is 2. The van der Waals surface area contributed by atoms with Gasteiger partial charge in [-0.1, -0.05) is 73.5 Å². The molecule has 6 nitrogen and oxygen atoms in total. The topological polar surface area (TPSA) is 82.6 Å². The molecule has 216 valence electrons. The van der Waals surface area contributed by atoms with Crippen LogP contribution in [0.2, 0.25) is 0 Å². The Morgan fingerprint density at radius 1 is 0.878 bits per heavy atom. The van der Waals surface area contributed by atoms with E-state index >= 15 is 0 Å². The summed E-state index contributed by atoms with van der Waals surface area (Å²) in [7, 11) is 0. The Labute approximate surface area is 243 Å². The van der Waals surface area contributed by atoms with Gasteiger partial charge in [-0.2, -0.15) is 0 Å². The molecular formula is C35H41NO5. The van der Waals surface area contributed by atoms with Gasteiger partial charge in [0, 0.05) is 23.6 Å². The van der Waals surface area contributed by atoms with Crippen LogP contribution in [0.1, 0.15) is 76.8 Å². The lowest BCUT2D eigenvalue weighted by Crippen LogP contribution is -2.34. The van der Waals surface area contributed by atoms with Crippen molar-refractivity contribution in [2.24, 2.45) is 11.3 Å². The zero-order chi connectivity index (χ0) is 29.3. The predicted octanol–water partition coefficient (Wildman–Crippen LogP) is 7.29. The standard InChI is InChI=1S/C35H41NO5/c1-34(2,3)41-33(39)29(23-26-14-16-28(17-15-26)30-13-7-10-22-36-30)18-19-31(37)35(20-8-9-21-35)24-32(38)40-25-27-11-5-4-6-12-27/h4-7,10-17,22,29H,8-9,18-21,23-25H2,1-3H3. The Balaban J connectivity index is 1.41. The number of hydrogen-bond donors (Lipinski definition) is 0. The van der Waals surface area contributed by atoms with Gasteiger partial charge < -0.3 is 9.47 Å². The van der Waals surface area contributed by atoms with Crippen molar-refractivity contribution in [3.8, 4) is 11.3 Å². The minimum absolute atomic E-state index is 0.0470. The summed E-state index contributed by atoms with van der Waals surface area (Å²) in [5.41, 5.74) is 2.46. The maximum Gasteiger partial charge on any atom is 0.309 e. The van der Waals surface area contributed by atoms with Gasteiger partial charge in [-0.25, -0.2) is 0 Å². The molecular weight excluding hydrogens is 514 g/mol. The maximum absolute atomic E-state index is 13.7. The van der Waals surface area contributed by atoms with Crippen LogP contribution in [0.25, 0.3) is 11.3 Å². The Hall–Kier alpha value is -3.80. The third-order valence-corrected chi connectivity index (χ3v) is 7.73. The Kier molecular flexibility index (Phi) is 10.1. The van der Waals surface area contributed by atoms with Crippen LogP contribution in [0, 0.1) is 11.3 Å². The van der Waals surface area contributed by atoms with E-state index in [4.69, 9.17) is 9.47 Å². The molecule has 41 heavy (non-hydrogen) atoms. The molecule has 0 N–H and O–H groups in total. The number of pyridine rings is 1. The van der Waals surface area contributed by atoms with Crippen LogP contribution >= 0.6 is 0 Å². The van der Waals surface area contributed by atoms with Crippen LogP contribution in [0.5, 0.6) is 0 Å². The molecule has 4 rings (SSSR count). The van der Waals surface area contributed by atoms with Crippen LogP contribution in [0.15, 0.2) is 79.0 Å². The highest BCUT2D eigenvalue weighted by molar-refractivity contribution is 5.89. The molecule has 1 aromatic heterocycles. The number of ketones is 1. The first-order valence-corrected chi connectivity index (χ1v) is 14.6. The van der Waals surface area contributed by atoms with Crippen molar-refractivity contribution in [2.45, 2.75) is 84.3 Å². The van der Waals surface area contributed by atoms with Gasteiger partial charge in [0.05, 0.1) is 18.0 Å². The van der Waals surface area contributed by atoms with Crippen LogP contribution in [-0.4, -0.2) is 28.3 Å². The van der Waals surface area contributed by atoms with Gasteiger partial charge in [0.2, 0.25) is 0 Å². The van der Waals surface area contributed by atoms with E-state index in [0.717, 1.165) is 35.2 Å². The Bertz CT molecular complexity index is 1290. The number of esters is 2. The first-order chi connectivity index (χ1) is 19.6. The van der Waals surface area contributed by atoms with Crippen LogP contribution in [-0.2, 0) is 36.9 Å². The smallest absolute Gasteiger partial charge is 0.309 e. The third-order valence-electron chi connectivity index (χ3n) is 7.73. The number of aromatic nitrogens is 1. The molecule has 1 fully saturated rings. The average Bonchev–Trinajstić information content (AvgIpc) is 3.44. The minimum Gasteiger partial charge on any atom is -0.461 e. The van der Waals surface area contributed by atoms with Gasteiger partial charge >= 0.3 is 11.9 Å². The summed E-state index contributed by atoms with van der Waals surface area (Å²) >= 11 is 0. The number of benzene rings is 2. The third kappa shape index (κ3) is 8.84. The van der Waals surface area contributed by atoms with E-state index in [1.807, 2.05) is 93.6 Å². The van der Waals surface area contributed by atoms with Gasteiger partial charge in [0.25, 0.3) is 0 Å². The number of nitrogens with zero attached hydrogens (tertiary/aromatic N) is 1. The highest BCUT2D eigenvalue weighted by Gasteiger charge is 2.43. The average molecular weight is 556 g/mol. The Morgan fingerprint density at radius 3 is 2.20 bits per heavy atom. The van der Waals surface area contributed by atoms with Gasteiger partial charge in [-0.05, 0) is 69.7 Å². The van der Waals surface area contributed by atoms with Gasteiger partial charge in [0.15, 0.2) is 0 Å². The number of carbonyl (C=O) groups is 3. The van der Waals surface area contributed by atoms with Crippen molar-refractivity contribution >= 4 is 17.7 Å². The molecule has 1 saturated carbocycles. The van der Waals surface area contributed by atoms with Crippen molar-refractivity contribution in [2.75, 3.05) is 0 Å². The second-order valence-electron chi connectivity index (χ2n) is 12.1. The summed E-state index contributed by atoms with van der Waals surface area (Å²) in [5.74, 6) is -1.07. The lowest BCUT2D eigenvalue weighted by molar-refractivity contribution is -0.160. The van der Waals surface area contributed by atoms with Crippen molar-refractivity contribution in [1.82, 2.24) is 4.98 Å². The summed E-state index contributed by atoms with van der Waals surface area (Å²) in [6, 6.07) is 23.4. The van der Waals surface area contributed by atoms with Crippen LogP contribution in [0.4, 0.5) is 0 Å². The quantitative estimate of drug-likeness (QED) is 0.218. The van der Waals surface area contributed by atoms with Crippen LogP contribution < -0.4 is 0 Å². The normalized spacial score (nSPS) is 15.2. The monoisotopic (exact) mass is 555 g/mol. The first kappa shape index (κ1) is 30.2. The lowest BCUT2D eigenvalue weighted by Gasteiger charge is -2.28. The second kappa shape index (κ2) is 13.7. The lowest BCUT2D eigenvalue weighted by atomic mass is 9.76. The fourth-order valence-corrected chi connectivity index (χ4v) is 5.56. The summed E-state index contributed by atoms with van der Waals surface area (Å²) in [6.45, 7) is 5.75. The first-order valence-electron chi connectivity index (χ1n) is 14.6. The van der Waals surface area contributed by atoms with E-state index in [1.165, 1.54) is 0 Å². The zero-order valence-electron chi connectivity index (χ0n) is 24.4. The van der Waals surface area contributed by atoms with E-state index in [0.29, 0.717) is 25.7 Å². The van der Waals surface area contributed by atoms with Crippen LogP contribution in [0.3, 0.4) is 0 Å². The minimum atomic E-state index is -0.712. The van der Waals surface area contributed by atoms with Gasteiger partial charge in [-0.3, -0.25) is 19.4 Å². The van der Waals surface area contributed by atoms with E-state index < -0.39 is 16.9 Å². The zero-order valence-corrected chi connectivity index (χ0v) is 24.4. The number of rotatable bonds is 12. The second-order valence-corrected chi connectivity index (χ2v) is 12.1. The van der Waals surface area contributed by atoms with E-state index in [-0.39, 0.29) is 37.2 Å². The Morgan fingerprint density at radius 2 is 1.56 bits per heavy atom. The van der Waals surface area contributed by atoms with Gasteiger partial charge in [0.1, 0.15) is 18.0 Å². The molecule has 1 aliphatic rings. The summed E-state index contributed by atoms with van der Waals surface area (Å²) in [5, 5.41) is 0. The predicted molar refractivity (Wildman–Crippen MR) is 159 cm³/mol. The molecule has 1 heterocycles. The maximum atomic E-state index is 13.7. The summed E-state index contributed by atoms with van der Waals surface area (Å²) in [6.07, 6.45) is 6.10. The molecule has 0 bridgehead atoms. The van der Waals surface area contributed by atoms with Crippen molar-refractivity contribution in [1.29, 1.82) is 0 Å². The molecule has 0 radical (unpaired) electrons. The SMILES string of the molecule is CC(C)(C)OC(=O)C(CCC(=O)C1(CC(=O)OCc2ccccc2)CCCC1)Cc1ccc(-c2ccccn2)cc1. The molecule has 0 spiro atoms.